The molecular weight excluding hydrogens is 366 g/mol. The van der Waals surface area contributed by atoms with Crippen LogP contribution in [0.2, 0.25) is 0 Å². The van der Waals surface area contributed by atoms with Crippen molar-refractivity contribution < 1.29 is 14.0 Å². The van der Waals surface area contributed by atoms with E-state index in [0.29, 0.717) is 22.9 Å². The molecule has 0 radical (unpaired) electrons. The van der Waals surface area contributed by atoms with Crippen LogP contribution < -0.4 is 31.6 Å². The third-order valence-corrected chi connectivity index (χ3v) is 5.01. The van der Waals surface area contributed by atoms with Crippen LogP contribution in [0.15, 0.2) is 36.4 Å². The molecule has 0 saturated heterocycles. The van der Waals surface area contributed by atoms with Gasteiger partial charge in [-0.3, -0.25) is 0 Å². The molecule has 0 saturated carbocycles. The van der Waals surface area contributed by atoms with Crippen molar-refractivity contribution in [3.8, 4) is 11.5 Å². The average Bonchev–Trinajstić information content (AvgIpc) is 2.70. The highest BCUT2D eigenvalue weighted by Gasteiger charge is 2.14. The first kappa shape index (κ1) is 22.5. The van der Waals surface area contributed by atoms with Gasteiger partial charge in [-0.2, -0.15) is 0 Å². The van der Waals surface area contributed by atoms with Gasteiger partial charge in [0.1, 0.15) is 11.5 Å². The van der Waals surface area contributed by atoms with E-state index in [2.05, 4.69) is 24.7 Å². The SMILES string of the molecule is COc1cc(NCCC[N+](C)(C)CCCNc2ccc(N)c(OC)c2)ccc1N. The van der Waals surface area contributed by atoms with Crippen LogP contribution in [-0.2, 0) is 0 Å². The Balaban J connectivity index is 1.66. The summed E-state index contributed by atoms with van der Waals surface area (Å²) in [6.07, 6.45) is 2.17. The molecule has 2 rings (SSSR count). The van der Waals surface area contributed by atoms with Crippen LogP contribution in [0.5, 0.6) is 11.5 Å². The second-order valence-electron chi connectivity index (χ2n) is 7.86. The van der Waals surface area contributed by atoms with Crippen molar-refractivity contribution in [2.45, 2.75) is 12.8 Å². The van der Waals surface area contributed by atoms with Gasteiger partial charge in [0, 0.05) is 49.4 Å². The highest BCUT2D eigenvalue weighted by molar-refractivity contribution is 5.62. The summed E-state index contributed by atoms with van der Waals surface area (Å²) >= 11 is 0. The molecule has 7 nitrogen and oxygen atoms in total. The first-order chi connectivity index (χ1) is 13.8. The Bertz CT molecular complexity index is 716. The van der Waals surface area contributed by atoms with Crippen molar-refractivity contribution in [3.05, 3.63) is 36.4 Å². The minimum absolute atomic E-state index is 0.655. The lowest BCUT2D eigenvalue weighted by molar-refractivity contribution is -0.890. The van der Waals surface area contributed by atoms with Crippen LogP contribution in [0.25, 0.3) is 0 Å². The number of nitrogens with two attached hydrogens (primary N) is 2. The Hall–Kier alpha value is -2.80. The van der Waals surface area contributed by atoms with Gasteiger partial charge in [-0.1, -0.05) is 0 Å². The number of hydrogen-bond acceptors (Lipinski definition) is 6. The number of hydrogen-bond donors (Lipinski definition) is 4. The van der Waals surface area contributed by atoms with Crippen LogP contribution in [0.3, 0.4) is 0 Å². The maximum absolute atomic E-state index is 5.86. The molecule has 0 atom stereocenters. The van der Waals surface area contributed by atoms with Crippen molar-refractivity contribution in [1.29, 1.82) is 0 Å². The number of methoxy groups -OCH3 is 2. The average molecular weight is 403 g/mol. The minimum Gasteiger partial charge on any atom is -0.495 e. The van der Waals surface area contributed by atoms with Crippen molar-refractivity contribution >= 4 is 22.7 Å². The van der Waals surface area contributed by atoms with E-state index in [4.69, 9.17) is 20.9 Å². The van der Waals surface area contributed by atoms with Crippen molar-refractivity contribution in [2.75, 3.05) is 76.6 Å². The van der Waals surface area contributed by atoms with Crippen molar-refractivity contribution in [3.63, 3.8) is 0 Å². The van der Waals surface area contributed by atoms with Crippen LogP contribution >= 0.6 is 0 Å². The number of benzene rings is 2. The van der Waals surface area contributed by atoms with Gasteiger partial charge in [0.05, 0.1) is 52.8 Å². The molecule has 0 bridgehead atoms. The Morgan fingerprint density at radius 1 is 0.759 bits per heavy atom. The molecule has 0 fully saturated rings. The summed E-state index contributed by atoms with van der Waals surface area (Å²) in [6.45, 7) is 4.04. The van der Waals surface area contributed by atoms with E-state index in [1.807, 2.05) is 36.4 Å². The number of nitrogen functional groups attached to an aromatic ring is 2. The minimum atomic E-state index is 0.655. The molecule has 0 aliphatic carbocycles. The van der Waals surface area contributed by atoms with Gasteiger partial charge in [-0.25, -0.2) is 0 Å². The molecular formula is C22H36N5O2+. The first-order valence-electron chi connectivity index (χ1n) is 10.0. The Morgan fingerprint density at radius 3 is 1.55 bits per heavy atom. The number of ether oxygens (including phenoxy) is 2. The monoisotopic (exact) mass is 402 g/mol. The molecule has 0 unspecified atom stereocenters. The van der Waals surface area contributed by atoms with E-state index < -0.39 is 0 Å². The number of nitrogens with one attached hydrogen (secondary N) is 2. The standard InChI is InChI=1S/C22H36N5O2/c1-27(2,13-5-11-25-17-7-9-19(23)21(15-17)28-3)14-6-12-26-18-8-10-20(24)22(16-18)29-4/h7-10,15-16,25-26H,5-6,11-14,23-24H2,1-4H3/q+1. The third kappa shape index (κ3) is 7.27. The van der Waals surface area contributed by atoms with Crippen LogP contribution in [-0.4, -0.2) is 59.0 Å². The Kier molecular flexibility index (Phi) is 8.27. The molecule has 2 aromatic carbocycles. The predicted molar refractivity (Wildman–Crippen MR) is 123 cm³/mol. The molecule has 29 heavy (non-hydrogen) atoms. The normalized spacial score (nSPS) is 11.2. The fourth-order valence-electron chi connectivity index (χ4n) is 3.23. The number of nitrogens with zero attached hydrogens (tertiary/aromatic N) is 1. The summed E-state index contributed by atoms with van der Waals surface area (Å²) in [5, 5.41) is 6.89. The first-order valence-corrected chi connectivity index (χ1v) is 10.0. The zero-order valence-electron chi connectivity index (χ0n) is 18.1. The van der Waals surface area contributed by atoms with E-state index in [-0.39, 0.29) is 0 Å². The van der Waals surface area contributed by atoms with E-state index >= 15 is 0 Å². The summed E-state index contributed by atoms with van der Waals surface area (Å²) in [5.74, 6) is 1.41. The highest BCUT2D eigenvalue weighted by Crippen LogP contribution is 2.25. The molecule has 0 amide bonds. The van der Waals surface area contributed by atoms with Gasteiger partial charge in [-0.05, 0) is 24.3 Å². The zero-order chi connectivity index (χ0) is 21.3. The largest absolute Gasteiger partial charge is 0.495 e. The van der Waals surface area contributed by atoms with E-state index in [0.717, 1.165) is 54.9 Å². The summed E-state index contributed by atoms with van der Waals surface area (Å²) in [5.41, 5.74) is 15.1. The lowest BCUT2D eigenvalue weighted by Gasteiger charge is -2.30. The fourth-order valence-corrected chi connectivity index (χ4v) is 3.23. The van der Waals surface area contributed by atoms with Gasteiger partial charge in [0.2, 0.25) is 0 Å². The lowest BCUT2D eigenvalue weighted by atomic mass is 10.2. The highest BCUT2D eigenvalue weighted by atomic mass is 16.5. The second-order valence-corrected chi connectivity index (χ2v) is 7.86. The van der Waals surface area contributed by atoms with Gasteiger partial charge in [0.25, 0.3) is 0 Å². The summed E-state index contributed by atoms with van der Waals surface area (Å²) in [4.78, 5) is 0. The quantitative estimate of drug-likeness (QED) is 0.247. The van der Waals surface area contributed by atoms with Crippen LogP contribution in [0.1, 0.15) is 12.8 Å². The Morgan fingerprint density at radius 2 is 1.17 bits per heavy atom. The van der Waals surface area contributed by atoms with Crippen LogP contribution in [0.4, 0.5) is 22.7 Å². The number of quaternary nitrogens is 1. The van der Waals surface area contributed by atoms with Gasteiger partial charge < -0.3 is 36.1 Å². The summed E-state index contributed by atoms with van der Waals surface area (Å²) in [6, 6.07) is 11.6. The lowest BCUT2D eigenvalue weighted by Crippen LogP contribution is -2.42. The van der Waals surface area contributed by atoms with Gasteiger partial charge in [0.15, 0.2) is 0 Å². The molecule has 160 valence electrons. The molecule has 0 aliphatic heterocycles. The molecule has 2 aromatic rings. The maximum atomic E-state index is 5.86. The van der Waals surface area contributed by atoms with E-state index in [1.54, 1.807) is 14.2 Å². The van der Waals surface area contributed by atoms with Crippen LogP contribution in [0, 0.1) is 0 Å². The van der Waals surface area contributed by atoms with E-state index in [1.165, 1.54) is 0 Å². The smallest absolute Gasteiger partial charge is 0.143 e. The summed E-state index contributed by atoms with van der Waals surface area (Å²) < 4.78 is 11.5. The molecule has 7 heteroatoms. The van der Waals surface area contributed by atoms with Crippen molar-refractivity contribution in [1.82, 2.24) is 0 Å². The molecule has 0 spiro atoms. The fraction of sp³-hybridized carbons (Fsp3) is 0.455. The predicted octanol–water partition coefficient (Wildman–Crippen LogP) is 3.25. The van der Waals surface area contributed by atoms with Gasteiger partial charge in [-0.15, -0.1) is 0 Å². The Labute approximate surface area is 174 Å². The van der Waals surface area contributed by atoms with Gasteiger partial charge >= 0.3 is 0 Å². The maximum Gasteiger partial charge on any atom is 0.143 e. The second kappa shape index (κ2) is 10.7. The number of anilines is 4. The summed E-state index contributed by atoms with van der Waals surface area (Å²) in [7, 11) is 7.82. The zero-order valence-corrected chi connectivity index (χ0v) is 18.1. The molecule has 0 aliphatic rings. The molecule has 6 N–H and O–H groups in total. The van der Waals surface area contributed by atoms with E-state index in [9.17, 15) is 0 Å². The molecule has 0 aromatic heterocycles. The molecule has 0 heterocycles. The van der Waals surface area contributed by atoms with Crippen molar-refractivity contribution in [2.24, 2.45) is 0 Å². The number of rotatable bonds is 12. The topological polar surface area (TPSA) is 94.6 Å². The third-order valence-electron chi connectivity index (χ3n) is 5.01.